The van der Waals surface area contributed by atoms with Gasteiger partial charge in [-0.05, 0) is 19.8 Å². The van der Waals surface area contributed by atoms with E-state index in [-0.39, 0.29) is 0 Å². The van der Waals surface area contributed by atoms with Gasteiger partial charge >= 0.3 is 0 Å². The van der Waals surface area contributed by atoms with Crippen molar-refractivity contribution >= 4 is 0 Å². The Morgan fingerprint density at radius 3 is 2.90 bits per heavy atom. The molecule has 1 aliphatic carbocycles. The number of rotatable bonds is 0. The van der Waals surface area contributed by atoms with Gasteiger partial charge in [-0.2, -0.15) is 0 Å². The number of epoxide rings is 1. The van der Waals surface area contributed by atoms with Crippen LogP contribution in [0.1, 0.15) is 45.4 Å². The minimum Gasteiger partial charge on any atom is -0.366 e. The summed E-state index contributed by atoms with van der Waals surface area (Å²) >= 11 is 0. The molecule has 10 heavy (non-hydrogen) atoms. The first-order valence-electron chi connectivity index (χ1n) is 4.49. The predicted molar refractivity (Wildman–Crippen MR) is 41.0 cm³/mol. The molecular formula is C9H16O. The van der Waals surface area contributed by atoms with Crippen molar-refractivity contribution in [1.82, 2.24) is 0 Å². The molecule has 1 heterocycles. The highest BCUT2D eigenvalue weighted by molar-refractivity contribution is 4.99. The van der Waals surface area contributed by atoms with Crippen molar-refractivity contribution in [3.8, 4) is 0 Å². The summed E-state index contributed by atoms with van der Waals surface area (Å²) in [5, 5.41) is 0. The van der Waals surface area contributed by atoms with E-state index < -0.39 is 0 Å². The fraction of sp³-hybridized carbons (Fsp3) is 1.00. The maximum atomic E-state index is 5.63. The van der Waals surface area contributed by atoms with Crippen molar-refractivity contribution in [1.29, 1.82) is 0 Å². The molecule has 0 unspecified atom stereocenters. The summed E-state index contributed by atoms with van der Waals surface area (Å²) in [5.74, 6) is 0. The summed E-state index contributed by atoms with van der Waals surface area (Å²) < 4.78 is 5.63. The van der Waals surface area contributed by atoms with E-state index >= 15 is 0 Å². The second-order valence-corrected chi connectivity index (χ2v) is 3.87. The normalized spacial score (nSPS) is 47.1. The third-order valence-electron chi connectivity index (χ3n) is 2.92. The third kappa shape index (κ3) is 1.07. The molecule has 2 atom stereocenters. The van der Waals surface area contributed by atoms with Crippen molar-refractivity contribution < 1.29 is 4.74 Å². The molecule has 0 radical (unpaired) electrons. The van der Waals surface area contributed by atoms with Gasteiger partial charge in [0.15, 0.2) is 0 Å². The minimum atomic E-state index is 0.320. The zero-order valence-corrected chi connectivity index (χ0v) is 6.73. The maximum Gasteiger partial charge on any atom is 0.0920 e. The Hall–Kier alpha value is -0.0400. The van der Waals surface area contributed by atoms with Crippen molar-refractivity contribution in [2.45, 2.75) is 57.2 Å². The van der Waals surface area contributed by atoms with Gasteiger partial charge < -0.3 is 4.74 Å². The van der Waals surface area contributed by atoms with Crippen molar-refractivity contribution in [2.75, 3.05) is 0 Å². The van der Waals surface area contributed by atoms with E-state index in [1.807, 2.05) is 0 Å². The summed E-state index contributed by atoms with van der Waals surface area (Å²) in [6.45, 7) is 2.27. The van der Waals surface area contributed by atoms with Crippen LogP contribution >= 0.6 is 0 Å². The van der Waals surface area contributed by atoms with Gasteiger partial charge in [0, 0.05) is 0 Å². The van der Waals surface area contributed by atoms with E-state index in [0.29, 0.717) is 11.7 Å². The van der Waals surface area contributed by atoms with Crippen molar-refractivity contribution in [3.05, 3.63) is 0 Å². The summed E-state index contributed by atoms with van der Waals surface area (Å²) in [6.07, 6.45) is 8.87. The first-order chi connectivity index (χ1) is 4.81. The molecule has 0 spiro atoms. The molecule has 1 nitrogen and oxygen atoms in total. The number of hydrogen-bond acceptors (Lipinski definition) is 1. The molecule has 1 saturated heterocycles. The second-order valence-electron chi connectivity index (χ2n) is 3.87. The van der Waals surface area contributed by atoms with Gasteiger partial charge in [0.1, 0.15) is 0 Å². The topological polar surface area (TPSA) is 12.5 Å². The molecule has 2 fully saturated rings. The number of ether oxygens (including phenoxy) is 1. The van der Waals surface area contributed by atoms with Gasteiger partial charge in [0.2, 0.25) is 0 Å². The standard InChI is InChI=1S/C9H16O/c1-9-7-5-3-2-4-6-8(9)10-9/h8H,2-7H2,1H3/t8-,9+/m0/s1. The van der Waals surface area contributed by atoms with Gasteiger partial charge in [0.25, 0.3) is 0 Å². The summed E-state index contributed by atoms with van der Waals surface area (Å²) in [7, 11) is 0. The molecule has 1 heteroatoms. The minimum absolute atomic E-state index is 0.320. The van der Waals surface area contributed by atoms with Gasteiger partial charge in [0.05, 0.1) is 11.7 Å². The molecule has 0 amide bonds. The van der Waals surface area contributed by atoms with Crippen LogP contribution in [-0.4, -0.2) is 11.7 Å². The summed E-state index contributed by atoms with van der Waals surface area (Å²) in [6, 6.07) is 0. The molecule has 0 bridgehead atoms. The summed E-state index contributed by atoms with van der Waals surface area (Å²) in [4.78, 5) is 0. The Labute approximate surface area is 62.8 Å². The van der Waals surface area contributed by atoms with E-state index in [1.165, 1.54) is 38.5 Å². The average Bonchev–Trinajstić information content (AvgIpc) is 2.44. The van der Waals surface area contributed by atoms with E-state index in [9.17, 15) is 0 Å². The quantitative estimate of drug-likeness (QED) is 0.471. The lowest BCUT2D eigenvalue weighted by Crippen LogP contribution is -2.11. The Kier molecular flexibility index (Phi) is 1.48. The van der Waals surface area contributed by atoms with Gasteiger partial charge in [-0.3, -0.25) is 0 Å². The van der Waals surface area contributed by atoms with Crippen LogP contribution in [-0.2, 0) is 4.74 Å². The third-order valence-corrected chi connectivity index (χ3v) is 2.92. The molecule has 2 rings (SSSR count). The van der Waals surface area contributed by atoms with Crippen LogP contribution in [0.3, 0.4) is 0 Å². The Morgan fingerprint density at radius 2 is 2.00 bits per heavy atom. The van der Waals surface area contributed by atoms with Crippen LogP contribution < -0.4 is 0 Å². The van der Waals surface area contributed by atoms with Crippen molar-refractivity contribution in [2.24, 2.45) is 0 Å². The predicted octanol–water partition coefficient (Wildman–Crippen LogP) is 2.50. The second kappa shape index (κ2) is 2.23. The smallest absolute Gasteiger partial charge is 0.0920 e. The molecule has 0 aromatic carbocycles. The van der Waals surface area contributed by atoms with Crippen LogP contribution in [0, 0.1) is 0 Å². The summed E-state index contributed by atoms with van der Waals surface area (Å²) in [5.41, 5.74) is 0.320. The number of hydrogen-bond donors (Lipinski definition) is 0. The van der Waals surface area contributed by atoms with Crippen LogP contribution in [0.15, 0.2) is 0 Å². The Balaban J connectivity index is 1.91. The van der Waals surface area contributed by atoms with Crippen LogP contribution in [0.25, 0.3) is 0 Å². The molecule has 58 valence electrons. The first kappa shape index (κ1) is 6.66. The lowest BCUT2D eigenvalue weighted by Gasteiger charge is -2.09. The molecule has 0 aromatic rings. The van der Waals surface area contributed by atoms with Crippen LogP contribution in [0.5, 0.6) is 0 Å². The van der Waals surface area contributed by atoms with E-state index in [4.69, 9.17) is 4.74 Å². The van der Waals surface area contributed by atoms with Crippen LogP contribution in [0.4, 0.5) is 0 Å². The van der Waals surface area contributed by atoms with Gasteiger partial charge in [-0.15, -0.1) is 0 Å². The molecular weight excluding hydrogens is 124 g/mol. The van der Waals surface area contributed by atoms with Gasteiger partial charge in [-0.1, -0.05) is 25.7 Å². The van der Waals surface area contributed by atoms with Crippen molar-refractivity contribution in [3.63, 3.8) is 0 Å². The maximum absolute atomic E-state index is 5.63. The highest BCUT2D eigenvalue weighted by Gasteiger charge is 2.50. The SMILES string of the molecule is C[C@@]12CCCCCC[C@@H]1O2. The van der Waals surface area contributed by atoms with E-state index in [0.717, 1.165) is 0 Å². The zero-order chi connectivity index (χ0) is 7.03. The lowest BCUT2D eigenvalue weighted by atomic mass is 9.93. The van der Waals surface area contributed by atoms with E-state index in [2.05, 4.69) is 6.92 Å². The zero-order valence-electron chi connectivity index (χ0n) is 6.73. The van der Waals surface area contributed by atoms with Gasteiger partial charge in [-0.25, -0.2) is 0 Å². The fourth-order valence-electron chi connectivity index (χ4n) is 2.03. The Morgan fingerprint density at radius 1 is 1.20 bits per heavy atom. The molecule has 2 aliphatic rings. The molecule has 1 aliphatic heterocycles. The van der Waals surface area contributed by atoms with Crippen LogP contribution in [0.2, 0.25) is 0 Å². The fourth-order valence-corrected chi connectivity index (χ4v) is 2.03. The number of fused-ring (bicyclic) bond motifs is 1. The monoisotopic (exact) mass is 140 g/mol. The Bertz CT molecular complexity index is 133. The molecule has 1 saturated carbocycles. The highest BCUT2D eigenvalue weighted by Crippen LogP contribution is 2.44. The first-order valence-corrected chi connectivity index (χ1v) is 4.49. The molecule has 0 N–H and O–H groups in total. The largest absolute Gasteiger partial charge is 0.366 e. The van der Waals surface area contributed by atoms with E-state index in [1.54, 1.807) is 0 Å². The lowest BCUT2D eigenvalue weighted by molar-refractivity contribution is 0.293. The highest BCUT2D eigenvalue weighted by atomic mass is 16.6. The molecule has 0 aromatic heterocycles. The average molecular weight is 140 g/mol.